The number of rotatable bonds is 5. The molecule has 0 bridgehead atoms. The van der Waals surface area contributed by atoms with Crippen LogP contribution in [-0.2, 0) is 5.75 Å². The number of carbonyl (C=O) groups is 1. The first kappa shape index (κ1) is 17.5. The van der Waals surface area contributed by atoms with Gasteiger partial charge in [-0.1, -0.05) is 35.5 Å². The highest BCUT2D eigenvalue weighted by Crippen LogP contribution is 2.23. The molecule has 7 heteroatoms. The van der Waals surface area contributed by atoms with E-state index in [-0.39, 0.29) is 5.91 Å². The number of halogens is 1. The third-order valence-corrected chi connectivity index (χ3v) is 4.70. The number of nitrogens with one attached hydrogen (secondary N) is 1. The molecule has 0 fully saturated rings. The van der Waals surface area contributed by atoms with Crippen LogP contribution >= 0.6 is 23.4 Å². The molecule has 3 aromatic rings. The summed E-state index contributed by atoms with van der Waals surface area (Å²) in [5.41, 5.74) is 2.66. The van der Waals surface area contributed by atoms with E-state index < -0.39 is 0 Å². The molecule has 0 unspecified atom stereocenters. The SMILES string of the molecule is CN(C)C(=O)c1cccc(CSc2n[nH]c(-c3ccc(Cl)cc3)n2)c1. The van der Waals surface area contributed by atoms with Crippen molar-refractivity contribution < 1.29 is 4.79 Å². The summed E-state index contributed by atoms with van der Waals surface area (Å²) in [6.07, 6.45) is 0. The molecule has 0 atom stereocenters. The Hall–Kier alpha value is -2.31. The lowest BCUT2D eigenvalue weighted by molar-refractivity contribution is 0.0827. The fourth-order valence-corrected chi connectivity index (χ4v) is 3.12. The lowest BCUT2D eigenvalue weighted by Crippen LogP contribution is -2.21. The molecule has 128 valence electrons. The molecule has 1 aromatic heterocycles. The molecule has 0 spiro atoms. The van der Waals surface area contributed by atoms with Gasteiger partial charge in [-0.25, -0.2) is 4.98 Å². The highest BCUT2D eigenvalue weighted by molar-refractivity contribution is 7.98. The van der Waals surface area contributed by atoms with Gasteiger partial charge in [0, 0.05) is 36.0 Å². The molecule has 1 amide bonds. The average molecular weight is 373 g/mol. The maximum atomic E-state index is 12.0. The standard InChI is InChI=1S/C18H17ClN4OS/c1-23(2)17(24)14-5-3-4-12(10-14)11-25-18-20-16(21-22-18)13-6-8-15(19)9-7-13/h3-10H,11H2,1-2H3,(H,20,21,22). The third kappa shape index (κ3) is 4.41. The summed E-state index contributed by atoms with van der Waals surface area (Å²) in [4.78, 5) is 18.1. The quantitative estimate of drug-likeness (QED) is 0.684. The van der Waals surface area contributed by atoms with Gasteiger partial charge in [-0.15, -0.1) is 5.10 Å². The lowest BCUT2D eigenvalue weighted by Gasteiger charge is -2.10. The van der Waals surface area contributed by atoms with Gasteiger partial charge < -0.3 is 4.90 Å². The molecule has 0 aliphatic heterocycles. The van der Waals surface area contributed by atoms with Gasteiger partial charge in [0.15, 0.2) is 5.82 Å². The van der Waals surface area contributed by atoms with Crippen LogP contribution in [0.1, 0.15) is 15.9 Å². The Kier molecular flexibility index (Phi) is 5.40. The zero-order valence-electron chi connectivity index (χ0n) is 13.9. The lowest BCUT2D eigenvalue weighted by atomic mass is 10.1. The number of thioether (sulfide) groups is 1. The number of amides is 1. The van der Waals surface area contributed by atoms with Crippen LogP contribution in [0.2, 0.25) is 5.02 Å². The van der Waals surface area contributed by atoms with Crippen molar-refractivity contribution in [3.63, 3.8) is 0 Å². The van der Waals surface area contributed by atoms with E-state index in [9.17, 15) is 4.79 Å². The van der Waals surface area contributed by atoms with Crippen molar-refractivity contribution in [2.45, 2.75) is 10.9 Å². The molecule has 3 rings (SSSR count). The highest BCUT2D eigenvalue weighted by atomic mass is 35.5. The summed E-state index contributed by atoms with van der Waals surface area (Å²) < 4.78 is 0. The molecule has 1 N–H and O–H groups in total. The van der Waals surface area contributed by atoms with Crippen LogP contribution in [0.15, 0.2) is 53.7 Å². The third-order valence-electron chi connectivity index (χ3n) is 3.53. The first-order chi connectivity index (χ1) is 12.0. The Morgan fingerprint density at radius 1 is 1.20 bits per heavy atom. The van der Waals surface area contributed by atoms with Gasteiger partial charge in [0.1, 0.15) is 0 Å². The molecular weight excluding hydrogens is 356 g/mol. The van der Waals surface area contributed by atoms with E-state index in [1.54, 1.807) is 19.0 Å². The number of hydrogen-bond acceptors (Lipinski definition) is 4. The first-order valence-electron chi connectivity index (χ1n) is 7.64. The van der Waals surface area contributed by atoms with Gasteiger partial charge in [0.2, 0.25) is 5.16 Å². The molecule has 0 saturated carbocycles. The number of nitrogens with zero attached hydrogens (tertiary/aromatic N) is 3. The van der Waals surface area contributed by atoms with E-state index >= 15 is 0 Å². The minimum Gasteiger partial charge on any atom is -0.345 e. The van der Waals surface area contributed by atoms with Gasteiger partial charge in [-0.05, 0) is 42.0 Å². The Bertz CT molecular complexity index is 877. The normalized spacial score (nSPS) is 10.7. The van der Waals surface area contributed by atoms with Gasteiger partial charge in [-0.3, -0.25) is 9.89 Å². The minimum absolute atomic E-state index is 0.00484. The van der Waals surface area contributed by atoms with E-state index in [1.165, 1.54) is 11.8 Å². The Morgan fingerprint density at radius 3 is 2.68 bits per heavy atom. The second kappa shape index (κ2) is 7.72. The predicted molar refractivity (Wildman–Crippen MR) is 101 cm³/mol. The number of hydrogen-bond donors (Lipinski definition) is 1. The summed E-state index contributed by atoms with van der Waals surface area (Å²) in [6, 6.07) is 15.0. The molecule has 0 radical (unpaired) electrons. The average Bonchev–Trinajstić information content (AvgIpc) is 3.09. The smallest absolute Gasteiger partial charge is 0.253 e. The summed E-state index contributed by atoms with van der Waals surface area (Å²) >= 11 is 7.42. The summed E-state index contributed by atoms with van der Waals surface area (Å²) in [5.74, 6) is 1.39. The van der Waals surface area contributed by atoms with Crippen LogP contribution in [0.3, 0.4) is 0 Å². The van der Waals surface area contributed by atoms with E-state index in [1.807, 2.05) is 48.5 Å². The van der Waals surface area contributed by atoms with E-state index in [2.05, 4.69) is 15.2 Å². The second-order valence-corrected chi connectivity index (χ2v) is 7.04. The minimum atomic E-state index is -0.00484. The first-order valence-corrected chi connectivity index (χ1v) is 9.01. The van der Waals surface area contributed by atoms with Crippen molar-refractivity contribution in [2.75, 3.05) is 14.1 Å². The van der Waals surface area contributed by atoms with Crippen molar-refractivity contribution in [2.24, 2.45) is 0 Å². The number of H-pyrrole nitrogens is 1. The number of carbonyl (C=O) groups excluding carboxylic acids is 1. The van der Waals surface area contributed by atoms with E-state index in [4.69, 9.17) is 11.6 Å². The van der Waals surface area contributed by atoms with Crippen molar-refractivity contribution in [1.29, 1.82) is 0 Å². The monoisotopic (exact) mass is 372 g/mol. The van der Waals surface area contributed by atoms with Gasteiger partial charge in [0.05, 0.1) is 0 Å². The molecule has 1 heterocycles. The zero-order chi connectivity index (χ0) is 17.8. The number of aromatic amines is 1. The van der Waals surface area contributed by atoms with E-state index in [0.29, 0.717) is 27.3 Å². The molecule has 2 aromatic carbocycles. The fraction of sp³-hybridized carbons (Fsp3) is 0.167. The van der Waals surface area contributed by atoms with Crippen molar-refractivity contribution in [3.05, 3.63) is 64.7 Å². The van der Waals surface area contributed by atoms with Crippen LogP contribution < -0.4 is 0 Å². The Balaban J connectivity index is 1.67. The zero-order valence-corrected chi connectivity index (χ0v) is 15.4. The maximum absolute atomic E-state index is 12.0. The van der Waals surface area contributed by atoms with Gasteiger partial charge in [-0.2, -0.15) is 0 Å². The van der Waals surface area contributed by atoms with Crippen LogP contribution in [0.25, 0.3) is 11.4 Å². The second-order valence-electron chi connectivity index (χ2n) is 5.66. The van der Waals surface area contributed by atoms with Crippen molar-refractivity contribution in [1.82, 2.24) is 20.1 Å². The molecule has 25 heavy (non-hydrogen) atoms. The molecular formula is C18H17ClN4OS. The summed E-state index contributed by atoms with van der Waals surface area (Å²) in [5, 5.41) is 8.52. The fourth-order valence-electron chi connectivity index (χ4n) is 2.25. The predicted octanol–water partition coefficient (Wildman–Crippen LogP) is 4.12. The Labute approximate surface area is 155 Å². The summed E-state index contributed by atoms with van der Waals surface area (Å²) in [6.45, 7) is 0. The highest BCUT2D eigenvalue weighted by Gasteiger charge is 2.10. The van der Waals surface area contributed by atoms with Crippen LogP contribution in [0, 0.1) is 0 Å². The molecule has 5 nitrogen and oxygen atoms in total. The maximum Gasteiger partial charge on any atom is 0.253 e. The van der Waals surface area contributed by atoms with Gasteiger partial charge in [0.25, 0.3) is 5.91 Å². The number of aromatic nitrogens is 3. The molecule has 0 saturated heterocycles. The summed E-state index contributed by atoms with van der Waals surface area (Å²) in [7, 11) is 3.49. The van der Waals surface area contributed by atoms with Gasteiger partial charge >= 0.3 is 0 Å². The van der Waals surface area contributed by atoms with E-state index in [0.717, 1.165) is 11.1 Å². The van der Waals surface area contributed by atoms with Crippen LogP contribution in [-0.4, -0.2) is 40.1 Å². The van der Waals surface area contributed by atoms with Crippen molar-refractivity contribution >= 4 is 29.3 Å². The van der Waals surface area contributed by atoms with Crippen LogP contribution in [0.5, 0.6) is 0 Å². The van der Waals surface area contributed by atoms with Crippen LogP contribution in [0.4, 0.5) is 0 Å². The van der Waals surface area contributed by atoms with Crippen molar-refractivity contribution in [3.8, 4) is 11.4 Å². The molecule has 0 aliphatic rings. The largest absolute Gasteiger partial charge is 0.345 e. The topological polar surface area (TPSA) is 61.9 Å². The number of benzene rings is 2. The Morgan fingerprint density at radius 2 is 1.96 bits per heavy atom. The molecule has 0 aliphatic carbocycles.